The van der Waals surface area contributed by atoms with Crippen LogP contribution < -0.4 is 11.5 Å². The van der Waals surface area contributed by atoms with Gasteiger partial charge in [-0.15, -0.1) is 0 Å². The maximum atomic E-state index is 10.5. The summed E-state index contributed by atoms with van der Waals surface area (Å²) in [6, 6.07) is 2.83. The minimum absolute atomic E-state index is 0.158. The standard InChI is InChI=1S/C7H7IN2O2/c8-4-1-3(7(11)12)2-5(9)6(4)10/h1-2H,9-10H2,(H,11,12). The van der Waals surface area contributed by atoms with Crippen molar-refractivity contribution in [1.29, 1.82) is 0 Å². The molecule has 0 radical (unpaired) electrons. The fourth-order valence-electron chi connectivity index (χ4n) is 0.763. The lowest BCUT2D eigenvalue weighted by Crippen LogP contribution is -2.03. The molecule has 1 rings (SSSR count). The van der Waals surface area contributed by atoms with E-state index in [4.69, 9.17) is 16.6 Å². The predicted octanol–water partition coefficient (Wildman–Crippen LogP) is 1.15. The molecule has 0 aliphatic rings. The van der Waals surface area contributed by atoms with Gasteiger partial charge in [0.05, 0.1) is 16.9 Å². The Morgan fingerprint density at radius 3 is 2.42 bits per heavy atom. The van der Waals surface area contributed by atoms with E-state index < -0.39 is 5.97 Å². The number of carbonyl (C=O) groups is 1. The van der Waals surface area contributed by atoms with E-state index in [1.807, 2.05) is 22.6 Å². The van der Waals surface area contributed by atoms with Gasteiger partial charge in [-0.1, -0.05) is 0 Å². The number of halogens is 1. The van der Waals surface area contributed by atoms with Crippen LogP contribution in [0.2, 0.25) is 0 Å². The van der Waals surface area contributed by atoms with Crippen LogP contribution >= 0.6 is 22.6 Å². The van der Waals surface area contributed by atoms with Gasteiger partial charge in [0.25, 0.3) is 0 Å². The molecule has 64 valence electrons. The number of anilines is 2. The minimum Gasteiger partial charge on any atom is -0.478 e. The Hall–Kier alpha value is -0.980. The molecule has 5 heteroatoms. The smallest absolute Gasteiger partial charge is 0.335 e. The number of nitrogens with two attached hydrogens (primary N) is 2. The van der Waals surface area contributed by atoms with Crippen molar-refractivity contribution in [2.24, 2.45) is 0 Å². The van der Waals surface area contributed by atoms with Gasteiger partial charge in [0, 0.05) is 3.57 Å². The number of rotatable bonds is 1. The van der Waals surface area contributed by atoms with Crippen LogP contribution in [0, 0.1) is 3.57 Å². The highest BCUT2D eigenvalue weighted by Crippen LogP contribution is 2.23. The second kappa shape index (κ2) is 3.18. The van der Waals surface area contributed by atoms with Crippen molar-refractivity contribution in [1.82, 2.24) is 0 Å². The highest BCUT2D eigenvalue weighted by molar-refractivity contribution is 14.1. The molecule has 0 bridgehead atoms. The second-order valence-electron chi connectivity index (χ2n) is 2.27. The molecule has 0 amide bonds. The Balaban J connectivity index is 3.31. The molecule has 0 atom stereocenters. The summed E-state index contributed by atoms with van der Waals surface area (Å²) in [5, 5.41) is 8.62. The first-order valence-corrected chi connectivity index (χ1v) is 4.18. The van der Waals surface area contributed by atoms with E-state index in [9.17, 15) is 4.79 Å². The average molecular weight is 278 g/mol. The largest absolute Gasteiger partial charge is 0.478 e. The number of nitrogen functional groups attached to an aromatic ring is 2. The van der Waals surface area contributed by atoms with Crippen molar-refractivity contribution >= 4 is 39.9 Å². The summed E-state index contributed by atoms with van der Waals surface area (Å²) in [4.78, 5) is 10.5. The fraction of sp³-hybridized carbons (Fsp3) is 0. The van der Waals surface area contributed by atoms with Crippen molar-refractivity contribution in [3.8, 4) is 0 Å². The van der Waals surface area contributed by atoms with Crippen LogP contribution in [0.5, 0.6) is 0 Å². The van der Waals surface area contributed by atoms with Crippen LogP contribution in [-0.2, 0) is 0 Å². The first-order valence-electron chi connectivity index (χ1n) is 3.10. The summed E-state index contributed by atoms with van der Waals surface area (Å²) in [6.45, 7) is 0. The van der Waals surface area contributed by atoms with Gasteiger partial charge in [-0.25, -0.2) is 4.79 Å². The Morgan fingerprint density at radius 2 is 2.00 bits per heavy atom. The molecule has 0 aromatic heterocycles. The highest BCUT2D eigenvalue weighted by atomic mass is 127. The fourth-order valence-corrected chi connectivity index (χ4v) is 1.41. The summed E-state index contributed by atoms with van der Waals surface area (Å²) in [5.41, 5.74) is 11.9. The molecule has 0 unspecified atom stereocenters. The first-order chi connectivity index (χ1) is 5.52. The maximum Gasteiger partial charge on any atom is 0.335 e. The number of hydrogen-bond acceptors (Lipinski definition) is 3. The lowest BCUT2D eigenvalue weighted by Gasteiger charge is -2.03. The van der Waals surface area contributed by atoms with Gasteiger partial charge in [-0.3, -0.25) is 0 Å². The van der Waals surface area contributed by atoms with Crippen LogP contribution in [0.15, 0.2) is 12.1 Å². The zero-order chi connectivity index (χ0) is 9.30. The van der Waals surface area contributed by atoms with Gasteiger partial charge in [0.1, 0.15) is 0 Å². The lowest BCUT2D eigenvalue weighted by atomic mass is 10.2. The number of carboxylic acids is 1. The van der Waals surface area contributed by atoms with Gasteiger partial charge < -0.3 is 16.6 Å². The van der Waals surface area contributed by atoms with Gasteiger partial charge in [-0.2, -0.15) is 0 Å². The number of hydrogen-bond donors (Lipinski definition) is 3. The number of aromatic carboxylic acids is 1. The van der Waals surface area contributed by atoms with Gasteiger partial charge >= 0.3 is 5.97 Å². The Labute approximate surface area is 82.7 Å². The summed E-state index contributed by atoms with van der Waals surface area (Å²) >= 11 is 1.94. The lowest BCUT2D eigenvalue weighted by molar-refractivity contribution is 0.0697. The van der Waals surface area contributed by atoms with Gasteiger partial charge in [0.2, 0.25) is 0 Å². The first kappa shape index (κ1) is 9.11. The van der Waals surface area contributed by atoms with Crippen LogP contribution in [0.25, 0.3) is 0 Å². The predicted molar refractivity (Wildman–Crippen MR) is 54.9 cm³/mol. The normalized spacial score (nSPS) is 9.75. The summed E-state index contributed by atoms with van der Waals surface area (Å²) in [7, 11) is 0. The average Bonchev–Trinajstić information content (AvgIpc) is 1.99. The Bertz CT molecular complexity index is 315. The summed E-state index contributed by atoms with van der Waals surface area (Å²) in [5.74, 6) is -1.00. The molecule has 0 aliphatic carbocycles. The van der Waals surface area contributed by atoms with E-state index in [0.29, 0.717) is 14.9 Å². The van der Waals surface area contributed by atoms with Crippen molar-refractivity contribution in [3.05, 3.63) is 21.3 Å². The summed E-state index contributed by atoms with van der Waals surface area (Å²) < 4.78 is 0.657. The number of carboxylic acid groups (broad SMARTS) is 1. The van der Waals surface area contributed by atoms with E-state index >= 15 is 0 Å². The monoisotopic (exact) mass is 278 g/mol. The molecule has 0 aliphatic heterocycles. The van der Waals surface area contributed by atoms with Crippen LogP contribution in [0.1, 0.15) is 10.4 Å². The Kier molecular flexibility index (Phi) is 2.41. The van der Waals surface area contributed by atoms with Crippen molar-refractivity contribution in [2.45, 2.75) is 0 Å². The van der Waals surface area contributed by atoms with E-state index in [2.05, 4.69) is 0 Å². The topological polar surface area (TPSA) is 89.3 Å². The number of benzene rings is 1. The third-order valence-electron chi connectivity index (χ3n) is 1.41. The molecule has 5 N–H and O–H groups in total. The van der Waals surface area contributed by atoms with Crippen molar-refractivity contribution < 1.29 is 9.90 Å². The minimum atomic E-state index is -1.00. The zero-order valence-corrected chi connectivity index (χ0v) is 8.20. The molecule has 1 aromatic carbocycles. The van der Waals surface area contributed by atoms with Gasteiger partial charge in [0.15, 0.2) is 0 Å². The third kappa shape index (κ3) is 1.60. The Morgan fingerprint density at radius 1 is 1.42 bits per heavy atom. The molecule has 4 nitrogen and oxygen atoms in total. The SMILES string of the molecule is Nc1cc(C(=O)O)cc(I)c1N. The molecular weight excluding hydrogens is 271 g/mol. The molecule has 0 spiro atoms. The molecule has 0 fully saturated rings. The van der Waals surface area contributed by atoms with Crippen LogP contribution in [0.3, 0.4) is 0 Å². The molecule has 1 aromatic rings. The third-order valence-corrected chi connectivity index (χ3v) is 2.30. The molecular formula is C7H7IN2O2. The maximum absolute atomic E-state index is 10.5. The molecule has 0 saturated carbocycles. The van der Waals surface area contributed by atoms with Crippen LogP contribution in [0.4, 0.5) is 11.4 Å². The highest BCUT2D eigenvalue weighted by Gasteiger charge is 2.07. The zero-order valence-electron chi connectivity index (χ0n) is 6.04. The van der Waals surface area contributed by atoms with Gasteiger partial charge in [-0.05, 0) is 34.7 Å². The van der Waals surface area contributed by atoms with Crippen LogP contribution in [-0.4, -0.2) is 11.1 Å². The molecule has 0 saturated heterocycles. The molecule has 12 heavy (non-hydrogen) atoms. The van der Waals surface area contributed by atoms with E-state index in [1.54, 1.807) is 0 Å². The second-order valence-corrected chi connectivity index (χ2v) is 3.43. The van der Waals surface area contributed by atoms with E-state index in [-0.39, 0.29) is 5.56 Å². The van der Waals surface area contributed by atoms with E-state index in [0.717, 1.165) is 0 Å². The molecule has 0 heterocycles. The quantitative estimate of drug-likeness (QED) is 0.531. The van der Waals surface area contributed by atoms with Crippen molar-refractivity contribution in [2.75, 3.05) is 11.5 Å². The van der Waals surface area contributed by atoms with Crippen molar-refractivity contribution in [3.63, 3.8) is 0 Å². The summed E-state index contributed by atoms with van der Waals surface area (Å²) in [6.07, 6.45) is 0. The van der Waals surface area contributed by atoms with E-state index in [1.165, 1.54) is 12.1 Å².